The quantitative estimate of drug-likeness (QED) is 0.621. The highest BCUT2D eigenvalue weighted by atomic mass is 35.5. The molecule has 0 N–H and O–H groups in total. The minimum absolute atomic E-state index is 0.109. The van der Waals surface area contributed by atoms with Crippen LogP contribution >= 0.6 is 34.5 Å². The summed E-state index contributed by atoms with van der Waals surface area (Å²) in [4.78, 5) is 16.1. The van der Waals surface area contributed by atoms with Gasteiger partial charge in [0.05, 0.1) is 22.8 Å². The number of halogens is 3. The molecule has 3 rings (SSSR count). The Bertz CT molecular complexity index is 939. The van der Waals surface area contributed by atoms with Crippen LogP contribution in [0.25, 0.3) is 16.4 Å². The van der Waals surface area contributed by atoms with Gasteiger partial charge in [0, 0.05) is 5.56 Å². The van der Waals surface area contributed by atoms with Crippen molar-refractivity contribution in [3.8, 4) is 16.4 Å². The smallest absolute Gasteiger partial charge is 0.356 e. The molecular weight excluding hydrogens is 376 g/mol. The lowest BCUT2D eigenvalue weighted by Crippen LogP contribution is -2.10. The zero-order valence-corrected chi connectivity index (χ0v) is 14.8. The van der Waals surface area contributed by atoms with Crippen molar-refractivity contribution >= 4 is 40.5 Å². The van der Waals surface area contributed by atoms with Gasteiger partial charge >= 0.3 is 5.97 Å². The predicted octanol–water partition coefficient (Wildman–Crippen LogP) is 4.54. The standard InChI is InChI=1S/C15H10Cl2FN3O2S/c1-7-5-11(14(22)23-2)21(20-7)15-19-12(13(18)24-15)8-3-4-9(16)10(17)6-8/h3-6H,1-2H3. The van der Waals surface area contributed by atoms with Crippen LogP contribution in [0.1, 0.15) is 16.2 Å². The maximum atomic E-state index is 14.4. The van der Waals surface area contributed by atoms with E-state index in [0.717, 1.165) is 11.3 Å². The molecular formula is C15H10Cl2FN3O2S. The number of carbonyl (C=O) groups is 1. The monoisotopic (exact) mass is 385 g/mol. The number of aryl methyl sites for hydroxylation is 1. The van der Waals surface area contributed by atoms with Crippen LogP contribution in [-0.4, -0.2) is 27.8 Å². The van der Waals surface area contributed by atoms with Crippen LogP contribution in [0.15, 0.2) is 24.3 Å². The Morgan fingerprint density at radius 2 is 2.04 bits per heavy atom. The van der Waals surface area contributed by atoms with Gasteiger partial charge in [0.15, 0.2) is 5.69 Å². The van der Waals surface area contributed by atoms with E-state index in [4.69, 9.17) is 27.9 Å². The molecule has 0 amide bonds. The Kier molecular flexibility index (Phi) is 4.58. The Balaban J connectivity index is 2.10. The van der Waals surface area contributed by atoms with E-state index < -0.39 is 11.1 Å². The van der Waals surface area contributed by atoms with E-state index in [9.17, 15) is 9.18 Å². The van der Waals surface area contributed by atoms with Gasteiger partial charge in [0.1, 0.15) is 5.69 Å². The van der Waals surface area contributed by atoms with Gasteiger partial charge in [-0.3, -0.25) is 0 Å². The number of thiazole rings is 1. The summed E-state index contributed by atoms with van der Waals surface area (Å²) in [5.74, 6) is -0.581. The third-order valence-electron chi connectivity index (χ3n) is 3.17. The Morgan fingerprint density at radius 3 is 2.71 bits per heavy atom. The van der Waals surface area contributed by atoms with Crippen molar-refractivity contribution in [1.82, 2.24) is 14.8 Å². The summed E-state index contributed by atoms with van der Waals surface area (Å²) in [6, 6.07) is 6.26. The van der Waals surface area contributed by atoms with Gasteiger partial charge < -0.3 is 4.74 Å². The highest BCUT2D eigenvalue weighted by Crippen LogP contribution is 2.33. The number of carbonyl (C=O) groups excluding carboxylic acids is 1. The summed E-state index contributed by atoms with van der Waals surface area (Å²) in [7, 11) is 1.26. The highest BCUT2D eigenvalue weighted by Gasteiger charge is 2.21. The number of hydrogen-bond donors (Lipinski definition) is 0. The van der Waals surface area contributed by atoms with Crippen molar-refractivity contribution in [3.63, 3.8) is 0 Å². The van der Waals surface area contributed by atoms with Crippen molar-refractivity contribution in [1.29, 1.82) is 0 Å². The molecule has 2 heterocycles. The first-order chi connectivity index (χ1) is 11.4. The van der Waals surface area contributed by atoms with E-state index in [-0.39, 0.29) is 16.5 Å². The van der Waals surface area contributed by atoms with E-state index in [1.807, 2.05) is 0 Å². The fraction of sp³-hybridized carbons (Fsp3) is 0.133. The highest BCUT2D eigenvalue weighted by molar-refractivity contribution is 7.12. The number of methoxy groups -OCH3 is 1. The summed E-state index contributed by atoms with van der Waals surface area (Å²) in [6.07, 6.45) is 0. The van der Waals surface area contributed by atoms with E-state index in [1.165, 1.54) is 17.9 Å². The molecule has 0 aliphatic heterocycles. The van der Waals surface area contributed by atoms with Gasteiger partial charge in [-0.05, 0) is 25.1 Å². The zero-order chi connectivity index (χ0) is 17.4. The molecule has 0 spiro atoms. The molecule has 0 saturated carbocycles. The molecule has 0 aliphatic carbocycles. The van der Waals surface area contributed by atoms with Crippen molar-refractivity contribution in [2.24, 2.45) is 0 Å². The normalized spacial score (nSPS) is 10.9. The van der Waals surface area contributed by atoms with Gasteiger partial charge in [0.25, 0.3) is 0 Å². The number of ether oxygens (including phenoxy) is 1. The molecule has 2 aromatic heterocycles. The Labute approximate surface area is 150 Å². The topological polar surface area (TPSA) is 57.0 Å². The number of hydrogen-bond acceptors (Lipinski definition) is 5. The van der Waals surface area contributed by atoms with Crippen LogP contribution in [0.3, 0.4) is 0 Å². The fourth-order valence-electron chi connectivity index (χ4n) is 2.10. The maximum Gasteiger partial charge on any atom is 0.356 e. The summed E-state index contributed by atoms with van der Waals surface area (Å²) in [6.45, 7) is 1.72. The van der Waals surface area contributed by atoms with Crippen molar-refractivity contribution < 1.29 is 13.9 Å². The second-order valence-corrected chi connectivity index (χ2v) is 6.56. The first-order valence-electron chi connectivity index (χ1n) is 6.68. The number of benzene rings is 1. The molecule has 1 aromatic carbocycles. The zero-order valence-electron chi connectivity index (χ0n) is 12.5. The third kappa shape index (κ3) is 3.02. The average molecular weight is 386 g/mol. The number of esters is 1. The van der Waals surface area contributed by atoms with Gasteiger partial charge in [-0.1, -0.05) is 40.6 Å². The van der Waals surface area contributed by atoms with Crippen LogP contribution in [0.5, 0.6) is 0 Å². The Morgan fingerprint density at radius 1 is 1.29 bits per heavy atom. The third-order valence-corrected chi connectivity index (χ3v) is 4.73. The van der Waals surface area contributed by atoms with E-state index in [2.05, 4.69) is 10.1 Å². The summed E-state index contributed by atoms with van der Waals surface area (Å²) >= 11 is 12.6. The molecule has 3 aromatic rings. The van der Waals surface area contributed by atoms with Crippen LogP contribution < -0.4 is 0 Å². The van der Waals surface area contributed by atoms with Crippen LogP contribution in [0.2, 0.25) is 10.0 Å². The lowest BCUT2D eigenvalue weighted by molar-refractivity contribution is 0.0590. The van der Waals surface area contributed by atoms with Crippen LogP contribution in [0, 0.1) is 12.1 Å². The van der Waals surface area contributed by atoms with Crippen LogP contribution in [0.4, 0.5) is 4.39 Å². The van der Waals surface area contributed by atoms with Gasteiger partial charge in [0.2, 0.25) is 10.3 Å². The predicted molar refractivity (Wildman–Crippen MR) is 90.7 cm³/mol. The van der Waals surface area contributed by atoms with Crippen molar-refractivity contribution in [2.45, 2.75) is 6.92 Å². The number of rotatable bonds is 3. The Hall–Kier alpha value is -1.96. The van der Waals surface area contributed by atoms with E-state index >= 15 is 0 Å². The van der Waals surface area contributed by atoms with Gasteiger partial charge in [-0.2, -0.15) is 14.2 Å². The van der Waals surface area contributed by atoms with E-state index in [0.29, 0.717) is 21.3 Å². The maximum absolute atomic E-state index is 14.4. The van der Waals surface area contributed by atoms with E-state index in [1.54, 1.807) is 25.1 Å². The number of nitrogens with zero attached hydrogens (tertiary/aromatic N) is 3. The molecule has 0 radical (unpaired) electrons. The second-order valence-electron chi connectivity index (χ2n) is 4.82. The SMILES string of the molecule is COC(=O)c1cc(C)nn1-c1nc(-c2ccc(Cl)c(Cl)c2)c(F)s1. The molecule has 0 unspecified atom stereocenters. The minimum Gasteiger partial charge on any atom is -0.464 e. The molecule has 0 fully saturated rings. The lowest BCUT2D eigenvalue weighted by Gasteiger charge is -2.02. The lowest BCUT2D eigenvalue weighted by atomic mass is 10.2. The fourth-order valence-corrected chi connectivity index (χ4v) is 3.18. The molecule has 9 heteroatoms. The molecule has 0 bridgehead atoms. The summed E-state index contributed by atoms with van der Waals surface area (Å²) in [5.41, 5.74) is 1.34. The van der Waals surface area contributed by atoms with Crippen molar-refractivity contribution in [3.05, 3.63) is 50.8 Å². The second kappa shape index (κ2) is 6.51. The minimum atomic E-state index is -0.581. The largest absolute Gasteiger partial charge is 0.464 e. The van der Waals surface area contributed by atoms with Gasteiger partial charge in [-0.15, -0.1) is 0 Å². The summed E-state index contributed by atoms with van der Waals surface area (Å²) < 4.78 is 20.3. The first-order valence-corrected chi connectivity index (χ1v) is 8.25. The average Bonchev–Trinajstić information content (AvgIpc) is 3.12. The van der Waals surface area contributed by atoms with Crippen molar-refractivity contribution in [2.75, 3.05) is 7.11 Å². The molecule has 124 valence electrons. The molecule has 5 nitrogen and oxygen atoms in total. The van der Waals surface area contributed by atoms with Gasteiger partial charge in [-0.25, -0.2) is 9.78 Å². The number of aromatic nitrogens is 3. The molecule has 0 aliphatic rings. The first kappa shape index (κ1) is 16.9. The summed E-state index contributed by atoms with van der Waals surface area (Å²) in [5, 5.41) is 4.54. The molecule has 0 saturated heterocycles. The molecule has 0 atom stereocenters. The molecule has 24 heavy (non-hydrogen) atoms. The van der Waals surface area contributed by atoms with Crippen LogP contribution in [-0.2, 0) is 4.74 Å².